The number of rotatable bonds is 6. The summed E-state index contributed by atoms with van der Waals surface area (Å²) in [5, 5.41) is 13.2. The third-order valence-corrected chi connectivity index (χ3v) is 6.01. The van der Waals surface area contributed by atoms with Gasteiger partial charge in [0.1, 0.15) is 5.82 Å². The number of carbonyl (C=O) groups excluding carboxylic acids is 1. The molecular weight excluding hydrogens is 413 g/mol. The summed E-state index contributed by atoms with van der Waals surface area (Å²) in [7, 11) is 0. The monoisotopic (exact) mass is 443 g/mol. The molecule has 1 amide bonds. The summed E-state index contributed by atoms with van der Waals surface area (Å²) in [6, 6.07) is 10.3. The number of pyridine rings is 1. The zero-order chi connectivity index (χ0) is 22.3. The van der Waals surface area contributed by atoms with Crippen molar-refractivity contribution in [2.45, 2.75) is 56.7 Å². The molecule has 4 atom stereocenters. The fourth-order valence-corrected chi connectivity index (χ4v) is 4.48. The zero-order valence-electron chi connectivity index (χ0n) is 18.0. The Morgan fingerprint density at radius 2 is 2.03 bits per heavy atom. The summed E-state index contributed by atoms with van der Waals surface area (Å²) in [5.41, 5.74) is 1.85. The Hall–Kier alpha value is -2.39. The molecule has 1 aromatic carbocycles. The third-order valence-electron chi connectivity index (χ3n) is 6.01. The predicted molar refractivity (Wildman–Crippen MR) is 116 cm³/mol. The van der Waals surface area contributed by atoms with Crippen molar-refractivity contribution in [3.05, 3.63) is 65.7 Å². The normalized spacial score (nSPS) is 26.6. The lowest BCUT2D eigenvalue weighted by Gasteiger charge is -2.44. The molecule has 0 bridgehead atoms. The number of aromatic nitrogens is 1. The molecule has 0 saturated carbocycles. The zero-order valence-corrected chi connectivity index (χ0v) is 18.0. The first-order valence-corrected chi connectivity index (χ1v) is 11.1. The van der Waals surface area contributed by atoms with Gasteiger partial charge in [-0.25, -0.2) is 4.39 Å². The number of aliphatic hydroxyl groups is 1. The van der Waals surface area contributed by atoms with Crippen LogP contribution in [0.1, 0.15) is 30.4 Å². The number of β-amino-alcohol motifs (C(OH)–C–C–N with tert-alkyl or cyclic N) is 1. The predicted octanol–water partition coefficient (Wildman–Crippen LogP) is 2.04. The van der Waals surface area contributed by atoms with E-state index < -0.39 is 6.10 Å². The van der Waals surface area contributed by atoms with Crippen LogP contribution in [0.15, 0.2) is 48.8 Å². The first-order valence-electron chi connectivity index (χ1n) is 11.1. The maximum Gasteiger partial charge on any atom is 0.222 e. The molecule has 2 aliphatic heterocycles. The number of aliphatic hydroxyl groups excluding tert-OH is 1. The van der Waals surface area contributed by atoms with Gasteiger partial charge >= 0.3 is 0 Å². The molecule has 2 aromatic rings. The van der Waals surface area contributed by atoms with Crippen molar-refractivity contribution in [1.29, 1.82) is 0 Å². The average Bonchev–Trinajstić information content (AvgIpc) is 2.77. The molecule has 0 unspecified atom stereocenters. The Labute approximate surface area is 187 Å². The van der Waals surface area contributed by atoms with Crippen LogP contribution in [0.2, 0.25) is 0 Å². The summed E-state index contributed by atoms with van der Waals surface area (Å²) in [6.45, 7) is 2.00. The molecule has 3 heterocycles. The van der Waals surface area contributed by atoms with E-state index in [4.69, 9.17) is 9.47 Å². The third kappa shape index (κ3) is 6.32. The van der Waals surface area contributed by atoms with E-state index in [0.717, 1.165) is 24.0 Å². The first kappa shape index (κ1) is 22.8. The summed E-state index contributed by atoms with van der Waals surface area (Å²) >= 11 is 0. The molecule has 0 radical (unpaired) electrons. The van der Waals surface area contributed by atoms with Gasteiger partial charge in [-0.05, 0) is 48.2 Å². The highest BCUT2D eigenvalue weighted by molar-refractivity contribution is 5.76. The van der Waals surface area contributed by atoms with E-state index in [1.807, 2.05) is 18.2 Å². The van der Waals surface area contributed by atoms with E-state index in [1.165, 1.54) is 12.1 Å². The maximum atomic E-state index is 13.7. The molecule has 2 N–H and O–H groups in total. The SMILES string of the molecule is O=C(C[C@H]1CC[C@H]2[C@@H](COC[C@H](O)CN2Cc2cccc(F)c2)O1)NCc1ccncc1. The van der Waals surface area contributed by atoms with Gasteiger partial charge < -0.3 is 19.9 Å². The second-order valence-corrected chi connectivity index (χ2v) is 8.53. The Kier molecular flexibility index (Phi) is 7.81. The molecule has 4 rings (SSSR count). The minimum atomic E-state index is -0.610. The van der Waals surface area contributed by atoms with Crippen LogP contribution in [-0.2, 0) is 27.4 Å². The lowest BCUT2D eigenvalue weighted by Crippen LogP contribution is -2.55. The van der Waals surface area contributed by atoms with E-state index >= 15 is 0 Å². The Morgan fingerprint density at radius 1 is 1.19 bits per heavy atom. The molecule has 0 aliphatic carbocycles. The van der Waals surface area contributed by atoms with Gasteiger partial charge in [-0.1, -0.05) is 12.1 Å². The van der Waals surface area contributed by atoms with Gasteiger partial charge in [0.15, 0.2) is 0 Å². The van der Waals surface area contributed by atoms with Crippen LogP contribution in [0.25, 0.3) is 0 Å². The van der Waals surface area contributed by atoms with Crippen LogP contribution in [0.5, 0.6) is 0 Å². The fourth-order valence-electron chi connectivity index (χ4n) is 4.48. The second kappa shape index (κ2) is 11.0. The molecule has 1 aromatic heterocycles. The summed E-state index contributed by atoms with van der Waals surface area (Å²) < 4.78 is 25.6. The Morgan fingerprint density at radius 3 is 2.84 bits per heavy atom. The molecular formula is C24H30FN3O4. The van der Waals surface area contributed by atoms with Gasteiger partial charge in [-0.15, -0.1) is 0 Å². The largest absolute Gasteiger partial charge is 0.389 e. The highest BCUT2D eigenvalue weighted by Gasteiger charge is 2.38. The van der Waals surface area contributed by atoms with Crippen molar-refractivity contribution in [2.24, 2.45) is 0 Å². The molecule has 2 aliphatic rings. The first-order chi connectivity index (χ1) is 15.6. The highest BCUT2D eigenvalue weighted by Crippen LogP contribution is 2.28. The van der Waals surface area contributed by atoms with E-state index in [2.05, 4.69) is 15.2 Å². The number of hydrogen-bond donors (Lipinski definition) is 2. The lowest BCUT2D eigenvalue weighted by atomic mass is 9.94. The van der Waals surface area contributed by atoms with Gasteiger partial charge in [0.25, 0.3) is 0 Å². The van der Waals surface area contributed by atoms with Crippen molar-refractivity contribution in [3.63, 3.8) is 0 Å². The molecule has 8 heteroatoms. The summed E-state index contributed by atoms with van der Waals surface area (Å²) in [4.78, 5) is 18.6. The van der Waals surface area contributed by atoms with E-state index in [-0.39, 0.29) is 36.6 Å². The Balaban J connectivity index is 1.35. The van der Waals surface area contributed by atoms with Crippen LogP contribution in [-0.4, -0.2) is 65.0 Å². The average molecular weight is 444 g/mol. The van der Waals surface area contributed by atoms with Crippen molar-refractivity contribution >= 4 is 5.91 Å². The van der Waals surface area contributed by atoms with Crippen LogP contribution >= 0.6 is 0 Å². The number of nitrogens with one attached hydrogen (secondary N) is 1. The quantitative estimate of drug-likeness (QED) is 0.711. The van der Waals surface area contributed by atoms with Crippen molar-refractivity contribution in [2.75, 3.05) is 19.8 Å². The lowest BCUT2D eigenvalue weighted by molar-refractivity contribution is -0.158. The Bertz CT molecular complexity index is 885. The number of fused-ring (bicyclic) bond motifs is 1. The van der Waals surface area contributed by atoms with Crippen molar-refractivity contribution < 1.29 is 23.8 Å². The highest BCUT2D eigenvalue weighted by atomic mass is 19.1. The molecule has 7 nitrogen and oxygen atoms in total. The van der Waals surface area contributed by atoms with Crippen LogP contribution in [0, 0.1) is 5.82 Å². The molecule has 2 fully saturated rings. The van der Waals surface area contributed by atoms with Gasteiger partial charge in [0, 0.05) is 38.1 Å². The maximum absolute atomic E-state index is 13.7. The van der Waals surface area contributed by atoms with E-state index in [1.54, 1.807) is 18.5 Å². The van der Waals surface area contributed by atoms with Crippen LogP contribution in [0.4, 0.5) is 4.39 Å². The second-order valence-electron chi connectivity index (χ2n) is 8.53. The van der Waals surface area contributed by atoms with Crippen molar-refractivity contribution in [3.8, 4) is 0 Å². The van der Waals surface area contributed by atoms with Gasteiger partial charge in [0.05, 0.1) is 37.9 Å². The number of hydrogen-bond acceptors (Lipinski definition) is 6. The van der Waals surface area contributed by atoms with Crippen LogP contribution < -0.4 is 5.32 Å². The topological polar surface area (TPSA) is 83.9 Å². The number of ether oxygens (including phenoxy) is 2. The van der Waals surface area contributed by atoms with Gasteiger partial charge in [0.2, 0.25) is 5.91 Å². The molecule has 2 saturated heterocycles. The molecule has 172 valence electrons. The summed E-state index contributed by atoms with van der Waals surface area (Å²) in [5.74, 6) is -0.322. The fraction of sp³-hybridized carbons (Fsp3) is 0.500. The smallest absolute Gasteiger partial charge is 0.222 e. The van der Waals surface area contributed by atoms with E-state index in [0.29, 0.717) is 32.7 Å². The number of halogens is 1. The summed E-state index contributed by atoms with van der Waals surface area (Å²) in [6.07, 6.45) is 4.25. The van der Waals surface area contributed by atoms with Crippen molar-refractivity contribution in [1.82, 2.24) is 15.2 Å². The minimum Gasteiger partial charge on any atom is -0.389 e. The number of benzene rings is 1. The van der Waals surface area contributed by atoms with Gasteiger partial charge in [-0.3, -0.25) is 14.7 Å². The number of amides is 1. The molecule has 0 spiro atoms. The standard InChI is InChI=1S/C24H30FN3O4/c25-19-3-1-2-18(10-19)13-28-14-20(29)15-31-16-23-22(28)5-4-21(32-23)11-24(30)27-12-17-6-8-26-9-7-17/h1-3,6-10,20-23,29H,4-5,11-16H2,(H,27,30)/t20-,21-,22+,23-/m1/s1. The number of carbonyl (C=O) groups is 1. The molecule has 32 heavy (non-hydrogen) atoms. The number of nitrogens with zero attached hydrogens (tertiary/aromatic N) is 2. The minimum absolute atomic E-state index is 0.0318. The van der Waals surface area contributed by atoms with E-state index in [9.17, 15) is 14.3 Å². The van der Waals surface area contributed by atoms with Gasteiger partial charge in [-0.2, -0.15) is 0 Å². The van der Waals surface area contributed by atoms with Crippen LogP contribution in [0.3, 0.4) is 0 Å².